The number of ether oxygens (including phenoxy) is 1. The van der Waals surface area contributed by atoms with Crippen molar-refractivity contribution in [2.75, 3.05) is 32.8 Å². The van der Waals surface area contributed by atoms with E-state index >= 15 is 0 Å². The summed E-state index contributed by atoms with van der Waals surface area (Å²) in [4.78, 5) is 11.8. The largest absolute Gasteiger partial charge is 0.377 e. The Morgan fingerprint density at radius 1 is 1.23 bits per heavy atom. The summed E-state index contributed by atoms with van der Waals surface area (Å²) >= 11 is 0. The molecule has 0 radical (unpaired) electrons. The number of aromatic nitrogens is 2. The van der Waals surface area contributed by atoms with E-state index in [0.29, 0.717) is 18.7 Å². The Bertz CT molecular complexity index is 780. The quantitative estimate of drug-likeness (QED) is 0.452. The van der Waals surface area contributed by atoms with Crippen LogP contribution < -0.4 is 10.6 Å². The third-order valence-electron chi connectivity index (χ3n) is 5.51. The molecule has 2 N–H and O–H groups in total. The van der Waals surface area contributed by atoms with Crippen LogP contribution in [0.25, 0.3) is 0 Å². The molecule has 170 valence electrons. The first-order valence-electron chi connectivity index (χ1n) is 11.6. The Morgan fingerprint density at radius 3 is 2.71 bits per heavy atom. The van der Waals surface area contributed by atoms with Gasteiger partial charge in [0, 0.05) is 51.2 Å². The molecule has 31 heavy (non-hydrogen) atoms. The number of nitrogens with one attached hydrogen (secondary N) is 2. The Hall–Kier alpha value is -2.38. The first kappa shape index (κ1) is 23.3. The molecule has 1 fully saturated rings. The van der Waals surface area contributed by atoms with E-state index in [9.17, 15) is 0 Å². The summed E-state index contributed by atoms with van der Waals surface area (Å²) in [6.45, 7) is 12.5. The minimum atomic E-state index is 0.307. The number of guanidine groups is 1. The summed E-state index contributed by atoms with van der Waals surface area (Å²) < 4.78 is 7.85. The molecule has 1 aliphatic heterocycles. The van der Waals surface area contributed by atoms with Crippen LogP contribution in [-0.4, -0.2) is 65.3 Å². The lowest BCUT2D eigenvalue weighted by Crippen LogP contribution is -2.49. The number of imidazole rings is 1. The van der Waals surface area contributed by atoms with E-state index in [1.165, 1.54) is 5.56 Å². The Labute approximate surface area is 186 Å². The van der Waals surface area contributed by atoms with Crippen molar-refractivity contribution in [2.24, 2.45) is 4.99 Å². The highest BCUT2D eigenvalue weighted by atomic mass is 16.5. The zero-order valence-electron chi connectivity index (χ0n) is 19.3. The molecule has 1 aliphatic rings. The van der Waals surface area contributed by atoms with Crippen LogP contribution in [0.2, 0.25) is 0 Å². The van der Waals surface area contributed by atoms with Gasteiger partial charge in [-0.2, -0.15) is 0 Å². The van der Waals surface area contributed by atoms with Gasteiger partial charge in [-0.3, -0.25) is 0 Å². The smallest absolute Gasteiger partial charge is 0.191 e. The highest BCUT2D eigenvalue weighted by Gasteiger charge is 2.20. The molecule has 0 atom stereocenters. The van der Waals surface area contributed by atoms with Gasteiger partial charge in [-0.15, -0.1) is 0 Å². The fourth-order valence-corrected chi connectivity index (χ4v) is 3.80. The maximum atomic E-state index is 5.69. The zero-order valence-corrected chi connectivity index (χ0v) is 19.3. The van der Waals surface area contributed by atoms with E-state index in [0.717, 1.165) is 64.0 Å². The van der Waals surface area contributed by atoms with Crippen molar-refractivity contribution in [3.05, 3.63) is 54.1 Å². The third-order valence-corrected chi connectivity index (χ3v) is 5.51. The third kappa shape index (κ3) is 7.99. The van der Waals surface area contributed by atoms with Crippen LogP contribution in [0.1, 0.15) is 45.0 Å². The molecular weight excluding hydrogens is 388 g/mol. The molecule has 2 heterocycles. The molecule has 1 aromatic heterocycles. The lowest BCUT2D eigenvalue weighted by atomic mass is 10.1. The van der Waals surface area contributed by atoms with Crippen LogP contribution >= 0.6 is 0 Å². The molecule has 0 saturated carbocycles. The fourth-order valence-electron chi connectivity index (χ4n) is 3.80. The summed E-state index contributed by atoms with van der Waals surface area (Å²) in [5, 5.41) is 7.01. The van der Waals surface area contributed by atoms with Gasteiger partial charge < -0.3 is 24.8 Å². The van der Waals surface area contributed by atoms with Gasteiger partial charge in [0.25, 0.3) is 0 Å². The van der Waals surface area contributed by atoms with Crippen molar-refractivity contribution in [2.45, 2.75) is 58.8 Å². The molecule has 0 unspecified atom stereocenters. The lowest BCUT2D eigenvalue weighted by molar-refractivity contribution is 0.0532. The van der Waals surface area contributed by atoms with Crippen molar-refractivity contribution in [3.63, 3.8) is 0 Å². The molecule has 7 heteroatoms. The van der Waals surface area contributed by atoms with Gasteiger partial charge in [-0.05, 0) is 39.2 Å². The number of hydrogen-bond donors (Lipinski definition) is 2. The van der Waals surface area contributed by atoms with Crippen molar-refractivity contribution in [3.8, 4) is 0 Å². The summed E-state index contributed by atoms with van der Waals surface area (Å²) in [5.74, 6) is 1.85. The van der Waals surface area contributed by atoms with Gasteiger partial charge in [-0.1, -0.05) is 30.3 Å². The summed E-state index contributed by atoms with van der Waals surface area (Å²) in [5.41, 5.74) is 1.27. The van der Waals surface area contributed by atoms with Gasteiger partial charge >= 0.3 is 0 Å². The Balaban J connectivity index is 1.49. The van der Waals surface area contributed by atoms with Crippen molar-refractivity contribution < 1.29 is 4.74 Å². The fraction of sp³-hybridized carbons (Fsp3) is 0.583. The zero-order chi connectivity index (χ0) is 21.9. The first-order valence-corrected chi connectivity index (χ1v) is 11.6. The van der Waals surface area contributed by atoms with Gasteiger partial charge in [0.1, 0.15) is 12.4 Å². The van der Waals surface area contributed by atoms with Crippen molar-refractivity contribution in [1.29, 1.82) is 0 Å². The number of likely N-dealkylation sites (tertiary alicyclic amines) is 1. The number of benzene rings is 1. The second-order valence-corrected chi connectivity index (χ2v) is 8.33. The van der Waals surface area contributed by atoms with E-state index in [-0.39, 0.29) is 0 Å². The van der Waals surface area contributed by atoms with Crippen LogP contribution in [-0.2, 0) is 17.8 Å². The molecule has 1 aromatic carbocycles. The minimum absolute atomic E-state index is 0.307. The summed E-state index contributed by atoms with van der Waals surface area (Å²) in [6, 6.07) is 10.9. The average Bonchev–Trinajstić information content (AvgIpc) is 3.21. The van der Waals surface area contributed by atoms with E-state index in [1.807, 2.05) is 18.5 Å². The highest BCUT2D eigenvalue weighted by Crippen LogP contribution is 2.11. The molecule has 0 spiro atoms. The lowest BCUT2D eigenvalue weighted by Gasteiger charge is -2.33. The van der Waals surface area contributed by atoms with Gasteiger partial charge in [0.2, 0.25) is 0 Å². The van der Waals surface area contributed by atoms with Crippen LogP contribution in [0.5, 0.6) is 0 Å². The number of nitrogens with zero attached hydrogens (tertiary/aromatic N) is 4. The second-order valence-electron chi connectivity index (χ2n) is 8.33. The van der Waals surface area contributed by atoms with Gasteiger partial charge in [-0.25, -0.2) is 9.98 Å². The molecule has 0 amide bonds. The van der Waals surface area contributed by atoms with E-state index < -0.39 is 0 Å². The van der Waals surface area contributed by atoms with Crippen LogP contribution in [0.4, 0.5) is 0 Å². The average molecular weight is 427 g/mol. The maximum absolute atomic E-state index is 5.69. The molecule has 0 aliphatic carbocycles. The molecule has 3 rings (SSSR count). The number of rotatable bonds is 10. The van der Waals surface area contributed by atoms with E-state index in [4.69, 9.17) is 9.73 Å². The van der Waals surface area contributed by atoms with Crippen LogP contribution in [0, 0.1) is 0 Å². The summed E-state index contributed by atoms with van der Waals surface area (Å²) in [7, 11) is 0. The van der Waals surface area contributed by atoms with Crippen molar-refractivity contribution in [1.82, 2.24) is 25.1 Å². The first-order chi connectivity index (χ1) is 15.1. The van der Waals surface area contributed by atoms with Crippen LogP contribution in [0.3, 0.4) is 0 Å². The molecule has 2 aromatic rings. The van der Waals surface area contributed by atoms with E-state index in [1.54, 1.807) is 0 Å². The predicted octanol–water partition coefficient (Wildman–Crippen LogP) is 2.88. The normalized spacial score (nSPS) is 16.1. The second kappa shape index (κ2) is 12.5. The van der Waals surface area contributed by atoms with Crippen LogP contribution in [0.15, 0.2) is 47.7 Å². The number of aliphatic imine (C=N–C) groups is 1. The Kier molecular flexibility index (Phi) is 9.37. The number of hydrogen-bond acceptors (Lipinski definition) is 4. The van der Waals surface area contributed by atoms with Gasteiger partial charge in [0.05, 0.1) is 12.7 Å². The maximum Gasteiger partial charge on any atom is 0.191 e. The molecule has 1 saturated heterocycles. The van der Waals surface area contributed by atoms with Gasteiger partial charge in [0.15, 0.2) is 5.96 Å². The highest BCUT2D eigenvalue weighted by molar-refractivity contribution is 5.80. The predicted molar refractivity (Wildman–Crippen MR) is 126 cm³/mol. The van der Waals surface area contributed by atoms with E-state index in [2.05, 4.69) is 70.1 Å². The standard InChI is InChI=1S/C24H38N6O/c1-4-25-24(28-22-10-13-29(14-11-22)16-17-31-20(2)3)27-18-23-26-12-15-30(23)19-21-8-6-5-7-9-21/h5-9,12,15,20,22H,4,10-11,13-14,16-19H2,1-3H3,(H2,25,27,28). The SMILES string of the molecule is CCNC(=NCc1nccn1Cc1ccccc1)NC1CCN(CCOC(C)C)CC1. The molecular formula is C24H38N6O. The van der Waals surface area contributed by atoms with Crippen molar-refractivity contribution >= 4 is 5.96 Å². The number of piperidine rings is 1. The topological polar surface area (TPSA) is 66.7 Å². The Morgan fingerprint density at radius 2 is 2.00 bits per heavy atom. The monoisotopic (exact) mass is 426 g/mol. The summed E-state index contributed by atoms with van der Waals surface area (Å²) in [6.07, 6.45) is 6.43. The molecule has 0 bridgehead atoms. The minimum Gasteiger partial charge on any atom is -0.377 e. The molecule has 7 nitrogen and oxygen atoms in total.